The van der Waals surface area contributed by atoms with Crippen molar-refractivity contribution in [1.29, 1.82) is 0 Å². The first-order valence-corrected chi connectivity index (χ1v) is 10.4. The van der Waals surface area contributed by atoms with E-state index in [4.69, 9.17) is 16.6 Å². The Kier molecular flexibility index (Phi) is 4.26. The number of thiophene rings is 1. The van der Waals surface area contributed by atoms with E-state index in [0.29, 0.717) is 27.5 Å². The van der Waals surface area contributed by atoms with Gasteiger partial charge in [-0.1, -0.05) is 41.4 Å². The first kappa shape index (κ1) is 18.1. The second kappa shape index (κ2) is 6.83. The molecular formula is C22H16ClN3O2S. The van der Waals surface area contributed by atoms with E-state index < -0.39 is 0 Å². The van der Waals surface area contributed by atoms with Crippen molar-refractivity contribution in [3.8, 4) is 11.1 Å². The van der Waals surface area contributed by atoms with Crippen molar-refractivity contribution in [1.82, 2.24) is 9.97 Å². The molecule has 1 aliphatic heterocycles. The molecule has 1 fully saturated rings. The minimum Gasteiger partial charge on any atom is -0.308 e. The molecule has 144 valence electrons. The zero-order valence-corrected chi connectivity index (χ0v) is 17.1. The molecule has 1 amide bonds. The Labute approximate surface area is 175 Å². The fraction of sp³-hybridized carbons (Fsp3) is 0.136. The molecule has 5 nitrogen and oxygen atoms in total. The van der Waals surface area contributed by atoms with Gasteiger partial charge in [0.1, 0.15) is 16.7 Å². The van der Waals surface area contributed by atoms with Crippen molar-refractivity contribution in [3.05, 3.63) is 80.7 Å². The molecule has 1 atom stereocenters. The van der Waals surface area contributed by atoms with E-state index in [-0.39, 0.29) is 17.5 Å². The molecule has 2 aromatic carbocycles. The number of nitrogens with zero attached hydrogens (tertiary/aromatic N) is 2. The van der Waals surface area contributed by atoms with Crippen LogP contribution in [0, 0.1) is 6.92 Å². The standard InChI is InChI=1S/C22H16ClN3O2S/c1-12-2-8-15(9-3-12)26-17(10-18(26)27)20-24-21(28)19-16(11-29-22(19)25-20)13-4-6-14(23)7-5-13/h2-9,11,17H,10H2,1H3,(H,24,25,28). The summed E-state index contributed by atoms with van der Waals surface area (Å²) in [6.45, 7) is 2.00. The molecule has 0 saturated carbocycles. The lowest BCUT2D eigenvalue weighted by molar-refractivity contribution is -0.124. The zero-order valence-electron chi connectivity index (χ0n) is 15.5. The Hall–Kier alpha value is -2.96. The first-order chi connectivity index (χ1) is 14.0. The Morgan fingerprint density at radius 3 is 2.52 bits per heavy atom. The molecule has 7 heteroatoms. The molecule has 4 aromatic rings. The van der Waals surface area contributed by atoms with Gasteiger partial charge in [0.15, 0.2) is 0 Å². The van der Waals surface area contributed by atoms with Gasteiger partial charge < -0.3 is 9.88 Å². The summed E-state index contributed by atoms with van der Waals surface area (Å²) in [5.41, 5.74) is 3.49. The van der Waals surface area contributed by atoms with Gasteiger partial charge >= 0.3 is 0 Å². The lowest BCUT2D eigenvalue weighted by Crippen LogP contribution is -2.47. The highest BCUT2D eigenvalue weighted by molar-refractivity contribution is 7.17. The Balaban J connectivity index is 1.55. The summed E-state index contributed by atoms with van der Waals surface area (Å²) in [6, 6.07) is 14.9. The number of β-lactam (4-membered cyclic amide) rings is 1. The van der Waals surface area contributed by atoms with E-state index in [9.17, 15) is 9.59 Å². The molecule has 0 aliphatic carbocycles. The maximum atomic E-state index is 12.9. The van der Waals surface area contributed by atoms with E-state index in [1.54, 1.807) is 17.0 Å². The van der Waals surface area contributed by atoms with Crippen LogP contribution in [0.4, 0.5) is 5.69 Å². The number of benzene rings is 2. The number of fused-ring (bicyclic) bond motifs is 1. The second-order valence-electron chi connectivity index (χ2n) is 7.11. The van der Waals surface area contributed by atoms with Crippen molar-refractivity contribution in [2.24, 2.45) is 0 Å². The highest BCUT2D eigenvalue weighted by Gasteiger charge is 2.40. The molecule has 1 aliphatic rings. The molecule has 1 saturated heterocycles. The Morgan fingerprint density at radius 1 is 1.10 bits per heavy atom. The van der Waals surface area contributed by atoms with E-state index in [1.165, 1.54) is 11.3 Å². The number of halogens is 1. The number of aromatic nitrogens is 2. The van der Waals surface area contributed by atoms with Crippen molar-refractivity contribution in [3.63, 3.8) is 0 Å². The average Bonchev–Trinajstić information content (AvgIpc) is 3.13. The van der Waals surface area contributed by atoms with E-state index in [1.807, 2.05) is 48.7 Å². The Morgan fingerprint density at radius 2 is 1.83 bits per heavy atom. The quantitative estimate of drug-likeness (QED) is 0.468. The van der Waals surface area contributed by atoms with Gasteiger partial charge in [0.05, 0.1) is 11.8 Å². The van der Waals surface area contributed by atoms with Gasteiger partial charge in [0.25, 0.3) is 5.56 Å². The monoisotopic (exact) mass is 421 g/mol. The molecule has 29 heavy (non-hydrogen) atoms. The molecule has 2 aromatic heterocycles. The summed E-state index contributed by atoms with van der Waals surface area (Å²) in [7, 11) is 0. The number of rotatable bonds is 3. The predicted molar refractivity (Wildman–Crippen MR) is 117 cm³/mol. The van der Waals surface area contributed by atoms with Crippen LogP contribution in [0.5, 0.6) is 0 Å². The van der Waals surface area contributed by atoms with Crippen LogP contribution < -0.4 is 10.5 Å². The van der Waals surface area contributed by atoms with E-state index in [0.717, 1.165) is 22.4 Å². The van der Waals surface area contributed by atoms with Gasteiger partial charge in [-0.2, -0.15) is 0 Å². The largest absolute Gasteiger partial charge is 0.308 e. The molecule has 0 bridgehead atoms. The van der Waals surface area contributed by atoms with Gasteiger partial charge in [-0.3, -0.25) is 9.59 Å². The third-order valence-corrected chi connectivity index (χ3v) is 6.32. The van der Waals surface area contributed by atoms with Crippen molar-refractivity contribution < 1.29 is 4.79 Å². The SMILES string of the molecule is Cc1ccc(N2C(=O)CC2c2nc3scc(-c4ccc(Cl)cc4)c3c(=O)[nH]2)cc1. The maximum absolute atomic E-state index is 12.9. The highest BCUT2D eigenvalue weighted by Crippen LogP contribution is 2.38. The van der Waals surface area contributed by atoms with Gasteiger partial charge in [-0.25, -0.2) is 4.98 Å². The molecule has 1 N–H and O–H groups in total. The number of amides is 1. The number of carbonyl (C=O) groups is 1. The Bertz CT molecular complexity index is 1290. The van der Waals surface area contributed by atoms with Crippen LogP contribution in [0.25, 0.3) is 21.3 Å². The van der Waals surface area contributed by atoms with Crippen LogP contribution in [-0.2, 0) is 4.79 Å². The third-order valence-electron chi connectivity index (χ3n) is 5.19. The van der Waals surface area contributed by atoms with Crippen LogP contribution in [0.1, 0.15) is 23.9 Å². The normalized spacial score (nSPS) is 16.3. The van der Waals surface area contributed by atoms with Gasteiger partial charge in [0, 0.05) is 21.7 Å². The lowest BCUT2D eigenvalue weighted by Gasteiger charge is -2.39. The topological polar surface area (TPSA) is 66.1 Å². The number of H-pyrrole nitrogens is 1. The third kappa shape index (κ3) is 3.05. The fourth-order valence-corrected chi connectivity index (χ4v) is 4.71. The van der Waals surface area contributed by atoms with Crippen molar-refractivity contribution in [2.75, 3.05) is 4.90 Å². The average molecular weight is 422 g/mol. The summed E-state index contributed by atoms with van der Waals surface area (Å²) in [5.74, 6) is 0.543. The minimum absolute atomic E-state index is 0.0228. The van der Waals surface area contributed by atoms with Gasteiger partial charge in [-0.05, 0) is 36.8 Å². The molecular weight excluding hydrogens is 406 g/mol. The molecule has 0 spiro atoms. The molecule has 1 unspecified atom stereocenters. The van der Waals surface area contributed by atoms with E-state index >= 15 is 0 Å². The second-order valence-corrected chi connectivity index (χ2v) is 8.40. The maximum Gasteiger partial charge on any atom is 0.260 e. The molecule has 0 radical (unpaired) electrons. The van der Waals surface area contributed by atoms with Crippen LogP contribution in [0.15, 0.2) is 58.7 Å². The van der Waals surface area contributed by atoms with E-state index in [2.05, 4.69) is 4.98 Å². The van der Waals surface area contributed by atoms with Crippen molar-refractivity contribution in [2.45, 2.75) is 19.4 Å². The number of aryl methyl sites for hydroxylation is 1. The van der Waals surface area contributed by atoms with Crippen molar-refractivity contribution >= 4 is 44.7 Å². The zero-order chi connectivity index (χ0) is 20.1. The first-order valence-electron chi connectivity index (χ1n) is 9.17. The predicted octanol–water partition coefficient (Wildman–Crippen LogP) is 5.09. The number of hydrogen-bond acceptors (Lipinski definition) is 4. The van der Waals surface area contributed by atoms with Crippen LogP contribution >= 0.6 is 22.9 Å². The summed E-state index contributed by atoms with van der Waals surface area (Å²) in [4.78, 5) is 35.1. The molecule has 3 heterocycles. The summed E-state index contributed by atoms with van der Waals surface area (Å²) in [6.07, 6.45) is 0.331. The summed E-state index contributed by atoms with van der Waals surface area (Å²) >= 11 is 7.40. The van der Waals surface area contributed by atoms with Crippen LogP contribution in [-0.4, -0.2) is 15.9 Å². The van der Waals surface area contributed by atoms with Crippen LogP contribution in [0.2, 0.25) is 5.02 Å². The number of carbonyl (C=O) groups excluding carboxylic acids is 1. The minimum atomic E-state index is -0.261. The summed E-state index contributed by atoms with van der Waals surface area (Å²) < 4.78 is 0. The number of aromatic amines is 1. The number of anilines is 1. The summed E-state index contributed by atoms with van der Waals surface area (Å²) in [5, 5.41) is 3.14. The fourth-order valence-electron chi connectivity index (χ4n) is 3.63. The number of hydrogen-bond donors (Lipinski definition) is 1. The molecule has 5 rings (SSSR count). The van der Waals surface area contributed by atoms with Gasteiger partial charge in [-0.15, -0.1) is 11.3 Å². The number of nitrogens with one attached hydrogen (secondary N) is 1. The smallest absolute Gasteiger partial charge is 0.260 e. The van der Waals surface area contributed by atoms with Crippen LogP contribution in [0.3, 0.4) is 0 Å². The van der Waals surface area contributed by atoms with Gasteiger partial charge in [0.2, 0.25) is 5.91 Å². The lowest BCUT2D eigenvalue weighted by atomic mass is 9.99. The highest BCUT2D eigenvalue weighted by atomic mass is 35.5.